The van der Waals surface area contributed by atoms with Gasteiger partial charge in [0.2, 0.25) is 5.91 Å². The fourth-order valence-electron chi connectivity index (χ4n) is 2.38. The predicted molar refractivity (Wildman–Crippen MR) is 73.6 cm³/mol. The van der Waals surface area contributed by atoms with Gasteiger partial charge in [0.25, 0.3) is 0 Å². The summed E-state index contributed by atoms with van der Waals surface area (Å²) >= 11 is 0. The van der Waals surface area contributed by atoms with Crippen LogP contribution in [0.15, 0.2) is 24.3 Å². The standard InChI is InChI=1S/C14H16N2O5/c15-10-3-1-9(2-4-10)14(5-6-14)13(21)16(7-11(17)18)8-12(19)20/h1-4H,5-8,15H2,(H,17,18)(H,19,20). The Morgan fingerprint density at radius 1 is 1.05 bits per heavy atom. The highest BCUT2D eigenvalue weighted by molar-refractivity contribution is 5.95. The smallest absolute Gasteiger partial charge is 0.323 e. The van der Waals surface area contributed by atoms with Crippen LogP contribution in [-0.2, 0) is 19.8 Å². The summed E-state index contributed by atoms with van der Waals surface area (Å²) in [5, 5.41) is 17.7. The van der Waals surface area contributed by atoms with Crippen molar-refractivity contribution in [2.24, 2.45) is 0 Å². The Morgan fingerprint density at radius 3 is 1.90 bits per heavy atom. The van der Waals surface area contributed by atoms with Crippen molar-refractivity contribution in [2.75, 3.05) is 18.8 Å². The van der Waals surface area contributed by atoms with E-state index in [4.69, 9.17) is 15.9 Å². The van der Waals surface area contributed by atoms with Gasteiger partial charge >= 0.3 is 11.9 Å². The molecular weight excluding hydrogens is 276 g/mol. The zero-order valence-electron chi connectivity index (χ0n) is 11.3. The quantitative estimate of drug-likeness (QED) is 0.648. The van der Waals surface area contributed by atoms with Crippen molar-refractivity contribution in [3.8, 4) is 0 Å². The first-order chi connectivity index (χ1) is 9.85. The van der Waals surface area contributed by atoms with Crippen molar-refractivity contribution in [3.05, 3.63) is 29.8 Å². The number of nitrogens with zero attached hydrogens (tertiary/aromatic N) is 1. The topological polar surface area (TPSA) is 121 Å². The van der Waals surface area contributed by atoms with Gasteiger partial charge in [0.15, 0.2) is 0 Å². The number of carbonyl (C=O) groups excluding carboxylic acids is 1. The molecule has 1 aromatic carbocycles. The van der Waals surface area contributed by atoms with E-state index in [9.17, 15) is 14.4 Å². The van der Waals surface area contributed by atoms with Crippen molar-refractivity contribution in [1.29, 1.82) is 0 Å². The summed E-state index contributed by atoms with van der Waals surface area (Å²) in [5.41, 5.74) is 6.10. The highest BCUT2D eigenvalue weighted by Crippen LogP contribution is 2.49. The average molecular weight is 292 g/mol. The zero-order chi connectivity index (χ0) is 15.6. The SMILES string of the molecule is Nc1ccc(C2(C(=O)N(CC(=O)O)CC(=O)O)CC2)cc1. The molecule has 0 saturated heterocycles. The fraction of sp³-hybridized carbons (Fsp3) is 0.357. The van der Waals surface area contributed by atoms with Crippen molar-refractivity contribution in [2.45, 2.75) is 18.3 Å². The lowest BCUT2D eigenvalue weighted by atomic mass is 9.94. The Kier molecular flexibility index (Phi) is 3.84. The van der Waals surface area contributed by atoms with Crippen molar-refractivity contribution >= 4 is 23.5 Å². The molecule has 2 rings (SSSR count). The Labute approximate surface area is 121 Å². The van der Waals surface area contributed by atoms with Gasteiger partial charge in [0.1, 0.15) is 13.1 Å². The molecule has 0 atom stereocenters. The summed E-state index contributed by atoms with van der Waals surface area (Å²) in [5.74, 6) is -2.94. The van der Waals surface area contributed by atoms with Crippen LogP contribution in [0.5, 0.6) is 0 Å². The van der Waals surface area contributed by atoms with Crippen LogP contribution in [0.4, 0.5) is 5.69 Å². The second-order valence-corrected chi connectivity index (χ2v) is 5.15. The van der Waals surface area contributed by atoms with Crippen LogP contribution in [0, 0.1) is 0 Å². The summed E-state index contributed by atoms with van der Waals surface area (Å²) < 4.78 is 0. The Morgan fingerprint density at radius 2 is 1.52 bits per heavy atom. The third kappa shape index (κ3) is 3.13. The maximum absolute atomic E-state index is 12.6. The molecule has 0 spiro atoms. The number of carboxylic acids is 2. The number of anilines is 1. The van der Waals surface area contributed by atoms with E-state index in [1.54, 1.807) is 24.3 Å². The van der Waals surface area contributed by atoms with Crippen LogP contribution in [0.25, 0.3) is 0 Å². The summed E-state index contributed by atoms with van der Waals surface area (Å²) in [6.07, 6.45) is 1.15. The van der Waals surface area contributed by atoms with Gasteiger partial charge in [0.05, 0.1) is 5.41 Å². The number of carbonyl (C=O) groups is 3. The highest BCUT2D eigenvalue weighted by atomic mass is 16.4. The first kappa shape index (κ1) is 14.8. The monoisotopic (exact) mass is 292 g/mol. The molecule has 21 heavy (non-hydrogen) atoms. The Balaban J connectivity index is 2.24. The number of nitrogen functional groups attached to an aromatic ring is 1. The summed E-state index contributed by atoms with van der Waals surface area (Å²) in [6.45, 7) is -1.25. The molecule has 4 N–H and O–H groups in total. The molecule has 7 heteroatoms. The van der Waals surface area contributed by atoms with Crippen LogP contribution >= 0.6 is 0 Å². The lowest BCUT2D eigenvalue weighted by Gasteiger charge is -2.24. The zero-order valence-corrected chi connectivity index (χ0v) is 11.3. The van der Waals surface area contributed by atoms with E-state index in [0.29, 0.717) is 18.5 Å². The number of hydrogen-bond donors (Lipinski definition) is 3. The summed E-state index contributed by atoms with van der Waals surface area (Å²) in [4.78, 5) is 35.1. The van der Waals surface area contributed by atoms with Crippen molar-refractivity contribution in [3.63, 3.8) is 0 Å². The molecule has 0 aliphatic heterocycles. The first-order valence-electron chi connectivity index (χ1n) is 6.44. The molecule has 0 bridgehead atoms. The normalized spacial score (nSPS) is 15.2. The largest absolute Gasteiger partial charge is 0.480 e. The number of benzene rings is 1. The molecule has 0 unspecified atom stereocenters. The maximum Gasteiger partial charge on any atom is 0.323 e. The van der Waals surface area contributed by atoms with Crippen LogP contribution < -0.4 is 5.73 Å². The molecule has 0 aromatic heterocycles. The van der Waals surface area contributed by atoms with E-state index < -0.39 is 36.4 Å². The number of amides is 1. The first-order valence-corrected chi connectivity index (χ1v) is 6.44. The molecule has 112 valence electrons. The van der Waals surface area contributed by atoms with E-state index >= 15 is 0 Å². The second-order valence-electron chi connectivity index (χ2n) is 5.15. The minimum Gasteiger partial charge on any atom is -0.480 e. The fourth-order valence-corrected chi connectivity index (χ4v) is 2.38. The predicted octanol–water partition coefficient (Wildman–Crippen LogP) is 0.298. The number of aliphatic carboxylic acids is 2. The van der Waals surface area contributed by atoms with Crippen LogP contribution in [0.2, 0.25) is 0 Å². The molecule has 1 amide bonds. The Hall–Kier alpha value is -2.57. The molecule has 1 aromatic rings. The van der Waals surface area contributed by atoms with Crippen LogP contribution in [0.1, 0.15) is 18.4 Å². The maximum atomic E-state index is 12.6. The minimum absolute atomic E-state index is 0.461. The second kappa shape index (κ2) is 5.43. The van der Waals surface area contributed by atoms with Gasteiger partial charge in [-0.1, -0.05) is 12.1 Å². The summed E-state index contributed by atoms with van der Waals surface area (Å²) in [7, 11) is 0. The lowest BCUT2D eigenvalue weighted by molar-refractivity contribution is -0.150. The highest BCUT2D eigenvalue weighted by Gasteiger charge is 2.53. The molecular formula is C14H16N2O5. The van der Waals surface area contributed by atoms with Gasteiger partial charge < -0.3 is 20.8 Å². The van der Waals surface area contributed by atoms with Gasteiger partial charge in [-0.25, -0.2) is 0 Å². The van der Waals surface area contributed by atoms with E-state index in [-0.39, 0.29) is 0 Å². The molecule has 1 fully saturated rings. The van der Waals surface area contributed by atoms with E-state index in [0.717, 1.165) is 10.5 Å². The Bertz CT molecular complexity index is 562. The van der Waals surface area contributed by atoms with Gasteiger partial charge in [-0.2, -0.15) is 0 Å². The molecule has 1 saturated carbocycles. The van der Waals surface area contributed by atoms with Crippen LogP contribution in [0.3, 0.4) is 0 Å². The molecule has 1 aliphatic rings. The van der Waals surface area contributed by atoms with E-state index in [2.05, 4.69) is 0 Å². The van der Waals surface area contributed by atoms with Gasteiger partial charge in [-0.05, 0) is 30.5 Å². The van der Waals surface area contributed by atoms with Gasteiger partial charge in [-0.15, -0.1) is 0 Å². The number of nitrogens with two attached hydrogens (primary N) is 1. The van der Waals surface area contributed by atoms with Gasteiger partial charge in [-0.3, -0.25) is 14.4 Å². The number of hydrogen-bond acceptors (Lipinski definition) is 4. The van der Waals surface area contributed by atoms with Crippen LogP contribution in [-0.4, -0.2) is 46.0 Å². The minimum atomic E-state index is -1.24. The van der Waals surface area contributed by atoms with Crippen molar-refractivity contribution < 1.29 is 24.6 Å². The number of carboxylic acid groups (broad SMARTS) is 2. The van der Waals surface area contributed by atoms with Gasteiger partial charge in [0, 0.05) is 5.69 Å². The molecule has 1 aliphatic carbocycles. The van der Waals surface area contributed by atoms with E-state index in [1.165, 1.54) is 0 Å². The molecule has 7 nitrogen and oxygen atoms in total. The van der Waals surface area contributed by atoms with E-state index in [1.807, 2.05) is 0 Å². The molecule has 0 radical (unpaired) electrons. The average Bonchev–Trinajstić information content (AvgIpc) is 3.18. The third-order valence-electron chi connectivity index (χ3n) is 3.56. The molecule has 0 heterocycles. The lowest BCUT2D eigenvalue weighted by Crippen LogP contribution is -2.44. The summed E-state index contributed by atoms with van der Waals surface area (Å²) in [6, 6.07) is 6.78. The van der Waals surface area contributed by atoms with Crippen molar-refractivity contribution in [1.82, 2.24) is 4.90 Å². The third-order valence-corrected chi connectivity index (χ3v) is 3.56. The number of rotatable bonds is 6.